The minimum atomic E-state index is -0.957. The summed E-state index contributed by atoms with van der Waals surface area (Å²) in [5, 5.41) is 0.562. The van der Waals surface area contributed by atoms with Gasteiger partial charge in [0.2, 0.25) is 5.78 Å². The third kappa shape index (κ3) is 5.21. The summed E-state index contributed by atoms with van der Waals surface area (Å²) in [6.45, 7) is 2.37. The first-order valence-corrected chi connectivity index (χ1v) is 9.78. The van der Waals surface area contributed by atoms with Crippen molar-refractivity contribution in [2.24, 2.45) is 5.92 Å². The summed E-state index contributed by atoms with van der Waals surface area (Å²) in [7, 11) is 0. The summed E-state index contributed by atoms with van der Waals surface area (Å²) in [5.74, 6) is -1.74. The Morgan fingerprint density at radius 3 is 2.14 bits per heavy atom. The van der Waals surface area contributed by atoms with E-state index in [1.54, 1.807) is 29.2 Å². The molecule has 1 atom stereocenters. The number of ether oxygens (including phenoxy) is 1. The fraction of sp³-hybridized carbons (Fsp3) is 0.318. The van der Waals surface area contributed by atoms with Crippen molar-refractivity contribution in [1.82, 2.24) is 4.90 Å². The lowest BCUT2D eigenvalue weighted by atomic mass is 9.96. The Kier molecular flexibility index (Phi) is 6.64. The van der Waals surface area contributed by atoms with E-state index < -0.39 is 17.9 Å². The molecule has 0 aromatic heterocycles. The lowest BCUT2D eigenvalue weighted by Gasteiger charge is -2.31. The molecule has 0 N–H and O–H groups in total. The highest BCUT2D eigenvalue weighted by Gasteiger charge is 2.31. The Labute approximate surface area is 173 Å². The normalized spacial score (nSPS) is 15.6. The Morgan fingerprint density at radius 2 is 1.55 bits per heavy atom. The van der Waals surface area contributed by atoms with Gasteiger partial charge in [-0.25, -0.2) is 4.39 Å². The van der Waals surface area contributed by atoms with Crippen LogP contribution in [-0.4, -0.2) is 41.8 Å². The molecular weight excluding hydrogens is 397 g/mol. The Bertz CT molecular complexity index is 890. The molecule has 29 heavy (non-hydrogen) atoms. The van der Waals surface area contributed by atoms with E-state index in [1.807, 2.05) is 0 Å². The van der Waals surface area contributed by atoms with Gasteiger partial charge < -0.3 is 9.64 Å². The number of esters is 1. The van der Waals surface area contributed by atoms with Gasteiger partial charge in [0.15, 0.2) is 6.10 Å². The van der Waals surface area contributed by atoms with Crippen LogP contribution in [-0.2, 0) is 9.53 Å². The van der Waals surface area contributed by atoms with Crippen LogP contribution in [0.25, 0.3) is 0 Å². The minimum Gasteiger partial charge on any atom is -0.454 e. The van der Waals surface area contributed by atoms with Crippen molar-refractivity contribution < 1.29 is 23.5 Å². The number of carbonyl (C=O) groups excluding carboxylic acids is 3. The predicted octanol–water partition coefficient (Wildman–Crippen LogP) is 4.15. The van der Waals surface area contributed by atoms with Gasteiger partial charge in [0, 0.05) is 29.2 Å². The summed E-state index contributed by atoms with van der Waals surface area (Å²) < 4.78 is 18.3. The molecule has 0 bridgehead atoms. The van der Waals surface area contributed by atoms with E-state index in [0.717, 1.165) is 0 Å². The molecule has 0 unspecified atom stereocenters. The number of benzene rings is 2. The van der Waals surface area contributed by atoms with Crippen LogP contribution in [0.15, 0.2) is 48.5 Å². The van der Waals surface area contributed by atoms with Crippen molar-refractivity contribution in [3.8, 4) is 0 Å². The van der Waals surface area contributed by atoms with Crippen LogP contribution in [0.5, 0.6) is 0 Å². The number of ketones is 1. The number of carbonyl (C=O) groups is 3. The zero-order valence-electron chi connectivity index (χ0n) is 15.9. The summed E-state index contributed by atoms with van der Waals surface area (Å²) >= 11 is 5.85. The van der Waals surface area contributed by atoms with E-state index >= 15 is 0 Å². The van der Waals surface area contributed by atoms with Crippen LogP contribution >= 0.6 is 11.6 Å². The number of hydrogen-bond donors (Lipinski definition) is 0. The van der Waals surface area contributed by atoms with E-state index in [-0.39, 0.29) is 23.2 Å². The van der Waals surface area contributed by atoms with E-state index in [2.05, 4.69) is 0 Å². The molecule has 1 fully saturated rings. The Balaban J connectivity index is 1.51. The second-order valence-electron chi connectivity index (χ2n) is 7.02. The number of hydrogen-bond acceptors (Lipinski definition) is 4. The Hall–Kier alpha value is -2.73. The van der Waals surface area contributed by atoms with Crippen LogP contribution in [0, 0.1) is 11.7 Å². The summed E-state index contributed by atoms with van der Waals surface area (Å²) in [6, 6.07) is 11.8. The summed E-state index contributed by atoms with van der Waals surface area (Å²) in [5.41, 5.74) is 0.837. The second kappa shape index (κ2) is 9.18. The Morgan fingerprint density at radius 1 is 1.00 bits per heavy atom. The fourth-order valence-electron chi connectivity index (χ4n) is 3.27. The maximum atomic E-state index is 13.0. The molecule has 1 saturated heterocycles. The fourth-order valence-corrected chi connectivity index (χ4v) is 3.39. The molecule has 7 heteroatoms. The largest absolute Gasteiger partial charge is 0.454 e. The van der Waals surface area contributed by atoms with Crippen LogP contribution in [0.3, 0.4) is 0 Å². The second-order valence-corrected chi connectivity index (χ2v) is 7.46. The number of nitrogens with zero attached hydrogens (tertiary/aromatic N) is 1. The minimum absolute atomic E-state index is 0.103. The van der Waals surface area contributed by atoms with Crippen molar-refractivity contribution in [3.63, 3.8) is 0 Å². The SMILES string of the molecule is C[C@@H](OC(=O)C1CCN(C(=O)c2ccc(Cl)cc2)CC1)C(=O)c1ccc(F)cc1. The molecule has 2 aromatic rings. The highest BCUT2D eigenvalue weighted by Crippen LogP contribution is 2.22. The maximum absolute atomic E-state index is 13.0. The number of amides is 1. The van der Waals surface area contributed by atoms with Crippen LogP contribution in [0.2, 0.25) is 5.02 Å². The molecule has 0 aliphatic carbocycles. The molecule has 5 nitrogen and oxygen atoms in total. The van der Waals surface area contributed by atoms with Crippen molar-refractivity contribution in [2.45, 2.75) is 25.9 Å². The van der Waals surface area contributed by atoms with Crippen LogP contribution in [0.4, 0.5) is 4.39 Å². The molecule has 3 rings (SSSR count). The van der Waals surface area contributed by atoms with Gasteiger partial charge in [-0.15, -0.1) is 0 Å². The molecule has 0 spiro atoms. The number of piperidine rings is 1. The molecule has 1 aliphatic rings. The van der Waals surface area contributed by atoms with Crippen LogP contribution in [0.1, 0.15) is 40.5 Å². The van der Waals surface area contributed by atoms with Gasteiger partial charge in [-0.3, -0.25) is 14.4 Å². The smallest absolute Gasteiger partial charge is 0.309 e. The van der Waals surface area contributed by atoms with Gasteiger partial charge >= 0.3 is 5.97 Å². The average molecular weight is 418 g/mol. The van der Waals surface area contributed by atoms with Crippen LogP contribution < -0.4 is 0 Å². The summed E-state index contributed by atoms with van der Waals surface area (Å²) in [6.07, 6.45) is -0.0210. The molecule has 1 aliphatic heterocycles. The lowest BCUT2D eigenvalue weighted by Crippen LogP contribution is -2.41. The highest BCUT2D eigenvalue weighted by atomic mass is 35.5. The molecular formula is C22H21ClFNO4. The number of Topliss-reactive ketones (excluding diaryl/α,β-unsaturated/α-hetero) is 1. The lowest BCUT2D eigenvalue weighted by molar-refractivity contribution is -0.152. The quantitative estimate of drug-likeness (QED) is 0.541. The van der Waals surface area contributed by atoms with Gasteiger partial charge in [0.05, 0.1) is 5.92 Å². The molecule has 0 radical (unpaired) electrons. The molecule has 1 heterocycles. The standard InChI is InChI=1S/C22H21ClFNO4/c1-14(20(26)15-4-8-19(24)9-5-15)29-22(28)17-10-12-25(13-11-17)21(27)16-2-6-18(23)7-3-16/h2-9,14,17H,10-13H2,1H3/t14-/m1/s1. The first-order chi connectivity index (χ1) is 13.8. The number of halogens is 2. The predicted molar refractivity (Wildman–Crippen MR) is 106 cm³/mol. The van der Waals surface area contributed by atoms with E-state index in [9.17, 15) is 18.8 Å². The van der Waals surface area contributed by atoms with Gasteiger partial charge in [-0.1, -0.05) is 11.6 Å². The average Bonchev–Trinajstić information content (AvgIpc) is 2.74. The number of rotatable bonds is 5. The van der Waals surface area contributed by atoms with Gasteiger partial charge in [-0.2, -0.15) is 0 Å². The van der Waals surface area contributed by atoms with Gasteiger partial charge in [0.25, 0.3) is 5.91 Å². The zero-order chi connectivity index (χ0) is 21.0. The first-order valence-electron chi connectivity index (χ1n) is 9.40. The van der Waals surface area contributed by atoms with Gasteiger partial charge in [-0.05, 0) is 68.3 Å². The van der Waals surface area contributed by atoms with Gasteiger partial charge in [0.1, 0.15) is 5.82 Å². The van der Waals surface area contributed by atoms with E-state index in [0.29, 0.717) is 36.5 Å². The third-order valence-electron chi connectivity index (χ3n) is 5.00. The van der Waals surface area contributed by atoms with Crippen molar-refractivity contribution in [2.75, 3.05) is 13.1 Å². The number of likely N-dealkylation sites (tertiary alicyclic amines) is 1. The molecule has 152 valence electrons. The van der Waals surface area contributed by atoms with Crippen molar-refractivity contribution in [1.29, 1.82) is 0 Å². The molecule has 2 aromatic carbocycles. The van der Waals surface area contributed by atoms with Crippen molar-refractivity contribution in [3.05, 3.63) is 70.5 Å². The zero-order valence-corrected chi connectivity index (χ0v) is 16.7. The maximum Gasteiger partial charge on any atom is 0.309 e. The highest BCUT2D eigenvalue weighted by molar-refractivity contribution is 6.30. The molecule has 1 amide bonds. The van der Waals surface area contributed by atoms with E-state index in [1.165, 1.54) is 31.2 Å². The first kappa shape index (κ1) is 21.0. The van der Waals surface area contributed by atoms with E-state index in [4.69, 9.17) is 16.3 Å². The summed E-state index contributed by atoms with van der Waals surface area (Å²) in [4.78, 5) is 39.0. The monoisotopic (exact) mass is 417 g/mol. The van der Waals surface area contributed by atoms with Crippen molar-refractivity contribution >= 4 is 29.3 Å². The third-order valence-corrected chi connectivity index (χ3v) is 5.25. The molecule has 0 saturated carbocycles. The topological polar surface area (TPSA) is 63.7 Å².